The lowest BCUT2D eigenvalue weighted by atomic mass is 9.84. The molecule has 0 heterocycles. The second-order valence-electron chi connectivity index (χ2n) is 5.19. The number of amides is 1. The lowest BCUT2D eigenvalue weighted by Crippen LogP contribution is -2.47. The first-order chi connectivity index (χ1) is 8.26. The highest BCUT2D eigenvalue weighted by molar-refractivity contribution is 7.88. The Balaban J connectivity index is 2.26. The molecule has 1 aliphatic rings. The molecule has 0 aliphatic heterocycles. The summed E-state index contributed by atoms with van der Waals surface area (Å²) in [4.78, 5) is 12.0. The van der Waals surface area contributed by atoms with Crippen molar-refractivity contribution < 1.29 is 13.2 Å². The number of nitrogens with two attached hydrogens (primary N) is 1. The molecule has 2 atom stereocenters. The quantitative estimate of drug-likeness (QED) is 0.573. The van der Waals surface area contributed by atoms with E-state index in [1.54, 1.807) is 0 Å². The van der Waals surface area contributed by atoms with Crippen molar-refractivity contribution in [1.82, 2.24) is 10.0 Å². The lowest BCUT2D eigenvalue weighted by Gasteiger charge is -2.27. The minimum atomic E-state index is -3.14. The van der Waals surface area contributed by atoms with Crippen molar-refractivity contribution in [3.8, 4) is 0 Å². The van der Waals surface area contributed by atoms with Crippen LogP contribution in [0.5, 0.6) is 0 Å². The normalized spacial score (nSPS) is 28.3. The van der Waals surface area contributed by atoms with Crippen molar-refractivity contribution in [2.75, 3.05) is 19.3 Å². The zero-order valence-corrected chi connectivity index (χ0v) is 11.8. The number of hydrogen-bond donors (Lipinski definition) is 3. The maximum absolute atomic E-state index is 12.0. The van der Waals surface area contributed by atoms with Gasteiger partial charge >= 0.3 is 0 Å². The third-order valence-electron chi connectivity index (χ3n) is 3.55. The molecule has 0 saturated heterocycles. The molecule has 4 N–H and O–H groups in total. The van der Waals surface area contributed by atoms with Gasteiger partial charge in [-0.2, -0.15) is 0 Å². The highest BCUT2D eigenvalue weighted by atomic mass is 32.2. The van der Waals surface area contributed by atoms with Crippen LogP contribution in [0.4, 0.5) is 0 Å². The minimum absolute atomic E-state index is 0.0214. The summed E-state index contributed by atoms with van der Waals surface area (Å²) < 4.78 is 24.0. The SMILES string of the molecule is CC1(C(=O)NCCCNS(C)(=O)=O)CCCC1N. The Morgan fingerprint density at radius 2 is 2.11 bits per heavy atom. The first-order valence-electron chi connectivity index (χ1n) is 6.24. The number of hydrogen-bond acceptors (Lipinski definition) is 4. The van der Waals surface area contributed by atoms with Gasteiger partial charge in [0.2, 0.25) is 15.9 Å². The van der Waals surface area contributed by atoms with Gasteiger partial charge in [-0.3, -0.25) is 4.79 Å². The smallest absolute Gasteiger partial charge is 0.227 e. The van der Waals surface area contributed by atoms with Crippen LogP contribution in [0.1, 0.15) is 32.6 Å². The number of sulfonamides is 1. The molecule has 0 radical (unpaired) electrons. The number of nitrogens with one attached hydrogen (secondary N) is 2. The first kappa shape index (κ1) is 15.4. The van der Waals surface area contributed by atoms with E-state index in [0.717, 1.165) is 25.5 Å². The molecule has 0 bridgehead atoms. The average molecular weight is 277 g/mol. The van der Waals surface area contributed by atoms with Crippen molar-refractivity contribution in [3.63, 3.8) is 0 Å². The van der Waals surface area contributed by atoms with Gasteiger partial charge in [0.15, 0.2) is 0 Å². The van der Waals surface area contributed by atoms with Crippen LogP contribution in [-0.2, 0) is 14.8 Å². The third kappa shape index (κ3) is 4.22. The van der Waals surface area contributed by atoms with E-state index in [2.05, 4.69) is 10.0 Å². The van der Waals surface area contributed by atoms with Crippen molar-refractivity contribution in [2.24, 2.45) is 11.1 Å². The topological polar surface area (TPSA) is 101 Å². The molecule has 0 aromatic carbocycles. The molecule has 1 rings (SSSR count). The second kappa shape index (κ2) is 5.99. The monoisotopic (exact) mass is 277 g/mol. The van der Waals surface area contributed by atoms with Crippen LogP contribution in [0.3, 0.4) is 0 Å². The van der Waals surface area contributed by atoms with Crippen molar-refractivity contribution in [1.29, 1.82) is 0 Å². The van der Waals surface area contributed by atoms with Gasteiger partial charge in [0, 0.05) is 19.1 Å². The summed E-state index contributed by atoms with van der Waals surface area (Å²) in [5.41, 5.74) is 5.48. The van der Waals surface area contributed by atoms with Crippen molar-refractivity contribution in [2.45, 2.75) is 38.6 Å². The molecule has 1 saturated carbocycles. The van der Waals surface area contributed by atoms with Crippen LogP contribution in [0.15, 0.2) is 0 Å². The van der Waals surface area contributed by atoms with E-state index in [4.69, 9.17) is 5.73 Å². The van der Waals surface area contributed by atoms with Gasteiger partial charge in [-0.15, -0.1) is 0 Å². The molecular formula is C11H23N3O3S. The largest absolute Gasteiger partial charge is 0.356 e. The van der Waals surface area contributed by atoms with E-state index in [1.807, 2.05) is 6.92 Å². The molecule has 1 aliphatic carbocycles. The molecule has 2 unspecified atom stereocenters. The van der Waals surface area contributed by atoms with Gasteiger partial charge in [0.05, 0.1) is 11.7 Å². The van der Waals surface area contributed by atoms with Crippen LogP contribution in [0.2, 0.25) is 0 Å². The Morgan fingerprint density at radius 3 is 2.61 bits per heavy atom. The van der Waals surface area contributed by atoms with Crippen molar-refractivity contribution >= 4 is 15.9 Å². The Bertz CT molecular complexity index is 396. The Labute approximate surface area is 109 Å². The average Bonchev–Trinajstić information content (AvgIpc) is 2.58. The third-order valence-corrected chi connectivity index (χ3v) is 4.28. The van der Waals surface area contributed by atoms with E-state index in [9.17, 15) is 13.2 Å². The fourth-order valence-corrected chi connectivity index (χ4v) is 2.74. The van der Waals surface area contributed by atoms with Crippen LogP contribution in [0.25, 0.3) is 0 Å². The molecule has 0 aromatic heterocycles. The van der Waals surface area contributed by atoms with Crippen molar-refractivity contribution in [3.05, 3.63) is 0 Å². The Kier molecular flexibility index (Phi) is 5.12. The van der Waals surface area contributed by atoms with Gasteiger partial charge in [0.25, 0.3) is 0 Å². The fraction of sp³-hybridized carbons (Fsp3) is 0.909. The fourth-order valence-electron chi connectivity index (χ4n) is 2.22. The molecule has 1 amide bonds. The van der Waals surface area contributed by atoms with Crippen LogP contribution in [-0.4, -0.2) is 39.7 Å². The maximum Gasteiger partial charge on any atom is 0.227 e. The predicted molar refractivity (Wildman–Crippen MR) is 70.4 cm³/mol. The van der Waals surface area contributed by atoms with Gasteiger partial charge in [-0.25, -0.2) is 13.1 Å². The number of carbonyl (C=O) groups is 1. The summed E-state index contributed by atoms with van der Waals surface area (Å²) in [6, 6.07) is -0.0772. The molecule has 0 aromatic rings. The number of rotatable bonds is 6. The highest BCUT2D eigenvalue weighted by Gasteiger charge is 2.42. The highest BCUT2D eigenvalue weighted by Crippen LogP contribution is 2.36. The van der Waals surface area contributed by atoms with Gasteiger partial charge in [0.1, 0.15) is 0 Å². The standard InChI is InChI=1S/C11H23N3O3S/c1-11(6-3-5-9(11)12)10(15)13-7-4-8-14-18(2,16)17/h9,14H,3-8,12H2,1-2H3,(H,13,15). The zero-order chi connectivity index (χ0) is 13.8. The van der Waals surface area contributed by atoms with E-state index < -0.39 is 15.4 Å². The molecule has 1 fully saturated rings. The van der Waals surface area contributed by atoms with Gasteiger partial charge in [-0.1, -0.05) is 6.42 Å². The molecule has 0 spiro atoms. The zero-order valence-electron chi connectivity index (χ0n) is 11.0. The summed E-state index contributed by atoms with van der Waals surface area (Å²) in [6.07, 6.45) is 4.39. The summed E-state index contributed by atoms with van der Waals surface area (Å²) in [7, 11) is -3.14. The molecule has 6 nitrogen and oxygen atoms in total. The second-order valence-corrected chi connectivity index (χ2v) is 7.03. The van der Waals surface area contributed by atoms with E-state index in [1.165, 1.54) is 0 Å². The Morgan fingerprint density at radius 1 is 1.44 bits per heavy atom. The summed E-state index contributed by atoms with van der Waals surface area (Å²) in [5.74, 6) is -0.0214. The minimum Gasteiger partial charge on any atom is -0.356 e. The lowest BCUT2D eigenvalue weighted by molar-refractivity contribution is -0.130. The summed E-state index contributed by atoms with van der Waals surface area (Å²) >= 11 is 0. The van der Waals surface area contributed by atoms with Crippen LogP contribution in [0, 0.1) is 5.41 Å². The first-order valence-corrected chi connectivity index (χ1v) is 8.13. The molecule has 18 heavy (non-hydrogen) atoms. The molecule has 106 valence electrons. The maximum atomic E-state index is 12.0. The predicted octanol–water partition coefficient (Wildman–Crippen LogP) is -0.441. The van der Waals surface area contributed by atoms with E-state index in [-0.39, 0.29) is 11.9 Å². The van der Waals surface area contributed by atoms with Gasteiger partial charge < -0.3 is 11.1 Å². The summed E-state index contributed by atoms with van der Waals surface area (Å²) in [6.45, 7) is 2.69. The molecule has 7 heteroatoms. The van der Waals surface area contributed by atoms with Gasteiger partial charge in [-0.05, 0) is 26.2 Å². The molecular weight excluding hydrogens is 254 g/mol. The number of carbonyl (C=O) groups excluding carboxylic acids is 1. The van der Waals surface area contributed by atoms with E-state index >= 15 is 0 Å². The van der Waals surface area contributed by atoms with Crippen LogP contribution < -0.4 is 15.8 Å². The Hall–Kier alpha value is -0.660. The van der Waals surface area contributed by atoms with E-state index in [0.29, 0.717) is 19.5 Å². The van der Waals surface area contributed by atoms with Crippen LogP contribution >= 0.6 is 0 Å². The summed E-state index contributed by atoms with van der Waals surface area (Å²) in [5, 5.41) is 2.83.